The molecule has 0 bridgehead atoms. The van der Waals surface area contributed by atoms with Crippen LogP contribution in [0.3, 0.4) is 0 Å². The minimum Gasteiger partial charge on any atom is -0.493 e. The predicted octanol–water partition coefficient (Wildman–Crippen LogP) is 5.19. The maximum absolute atomic E-state index is 5.98. The van der Waals surface area contributed by atoms with Gasteiger partial charge in [-0.25, -0.2) is 0 Å². The highest BCUT2D eigenvalue weighted by molar-refractivity contribution is 6.17. The van der Waals surface area contributed by atoms with Crippen molar-refractivity contribution >= 4 is 11.6 Å². The maximum atomic E-state index is 5.98. The topological polar surface area (TPSA) is 9.23 Å². The van der Waals surface area contributed by atoms with Crippen molar-refractivity contribution in [3.8, 4) is 5.75 Å². The lowest BCUT2D eigenvalue weighted by Gasteiger charge is -2.23. The average Bonchev–Trinajstić information content (AvgIpc) is 2.54. The molecule has 0 saturated heterocycles. The first kappa shape index (κ1) is 15.9. The number of ether oxygens (including phenoxy) is 1. The highest BCUT2D eigenvalue weighted by Gasteiger charge is 2.18. The Balaban J connectivity index is 1.90. The van der Waals surface area contributed by atoms with Gasteiger partial charge in [-0.15, -0.1) is 11.6 Å². The Labute approximate surface area is 132 Å². The Hall–Kier alpha value is -1.47. The molecular weight excluding hydrogens is 280 g/mol. The van der Waals surface area contributed by atoms with E-state index < -0.39 is 0 Å². The molecular formula is C19H23ClO. The number of alkyl halides is 1. The number of hydrogen-bond acceptors (Lipinski definition) is 1. The summed E-state index contributed by atoms with van der Waals surface area (Å²) >= 11 is 5.98. The van der Waals surface area contributed by atoms with Crippen LogP contribution in [-0.2, 0) is 6.42 Å². The third-order valence-electron chi connectivity index (χ3n) is 3.88. The average molecular weight is 303 g/mol. The van der Waals surface area contributed by atoms with Crippen LogP contribution >= 0.6 is 11.6 Å². The molecule has 2 atom stereocenters. The molecule has 0 spiro atoms. The molecule has 21 heavy (non-hydrogen) atoms. The van der Waals surface area contributed by atoms with Crippen LogP contribution in [0.4, 0.5) is 0 Å². The molecule has 0 aromatic heterocycles. The van der Waals surface area contributed by atoms with E-state index in [-0.39, 0.29) is 0 Å². The van der Waals surface area contributed by atoms with E-state index in [2.05, 4.69) is 37.3 Å². The highest BCUT2D eigenvalue weighted by Crippen LogP contribution is 2.23. The fraction of sp³-hybridized carbons (Fsp3) is 0.368. The Morgan fingerprint density at radius 3 is 2.19 bits per heavy atom. The minimum absolute atomic E-state index is 0.476. The van der Waals surface area contributed by atoms with Gasteiger partial charge in [0.1, 0.15) is 5.75 Å². The van der Waals surface area contributed by atoms with Crippen molar-refractivity contribution in [2.45, 2.75) is 19.8 Å². The van der Waals surface area contributed by atoms with Gasteiger partial charge in [-0.1, -0.05) is 55.5 Å². The van der Waals surface area contributed by atoms with Crippen LogP contribution in [-0.4, -0.2) is 12.5 Å². The van der Waals surface area contributed by atoms with Crippen LogP contribution in [0.2, 0.25) is 0 Å². The van der Waals surface area contributed by atoms with Gasteiger partial charge in [-0.3, -0.25) is 0 Å². The zero-order chi connectivity index (χ0) is 14.9. The number of halogens is 1. The van der Waals surface area contributed by atoms with Crippen molar-refractivity contribution in [1.29, 1.82) is 0 Å². The van der Waals surface area contributed by atoms with Gasteiger partial charge in [0, 0.05) is 5.88 Å². The molecule has 0 N–H and O–H groups in total. The highest BCUT2D eigenvalue weighted by atomic mass is 35.5. The molecule has 2 heteroatoms. The van der Waals surface area contributed by atoms with Gasteiger partial charge < -0.3 is 4.74 Å². The summed E-state index contributed by atoms with van der Waals surface area (Å²) in [7, 11) is 0. The van der Waals surface area contributed by atoms with E-state index in [1.807, 2.05) is 30.3 Å². The molecule has 112 valence electrons. The third-order valence-corrected chi connectivity index (χ3v) is 4.10. The Morgan fingerprint density at radius 1 is 0.952 bits per heavy atom. The molecule has 0 aliphatic rings. The number of para-hydroxylation sites is 1. The van der Waals surface area contributed by atoms with Gasteiger partial charge >= 0.3 is 0 Å². The Kier molecular flexibility index (Phi) is 6.62. The van der Waals surface area contributed by atoms with Gasteiger partial charge in [0.05, 0.1) is 6.61 Å². The van der Waals surface area contributed by atoms with Crippen LogP contribution in [0.25, 0.3) is 0 Å². The minimum atomic E-state index is 0.476. The van der Waals surface area contributed by atoms with Crippen LogP contribution in [0, 0.1) is 11.8 Å². The van der Waals surface area contributed by atoms with Crippen LogP contribution in [0.15, 0.2) is 60.7 Å². The molecule has 1 nitrogen and oxygen atoms in total. The van der Waals surface area contributed by atoms with Gasteiger partial charge in [0.2, 0.25) is 0 Å². The van der Waals surface area contributed by atoms with Crippen molar-refractivity contribution < 1.29 is 4.74 Å². The van der Waals surface area contributed by atoms with Crippen molar-refractivity contribution in [2.75, 3.05) is 12.5 Å². The second kappa shape index (κ2) is 8.74. The summed E-state index contributed by atoms with van der Waals surface area (Å²) in [5, 5.41) is 0. The predicted molar refractivity (Wildman–Crippen MR) is 90.1 cm³/mol. The number of hydrogen-bond donors (Lipinski definition) is 0. The SMILES string of the molecule is CC(COc1ccccc1)C(CCCl)Cc1ccccc1. The fourth-order valence-corrected chi connectivity index (χ4v) is 2.81. The smallest absolute Gasteiger partial charge is 0.119 e. The first-order valence-corrected chi connectivity index (χ1v) is 8.10. The molecule has 2 rings (SSSR count). The largest absolute Gasteiger partial charge is 0.493 e. The summed E-state index contributed by atoms with van der Waals surface area (Å²) < 4.78 is 5.89. The molecule has 0 radical (unpaired) electrons. The molecule has 0 fully saturated rings. The summed E-state index contributed by atoms with van der Waals surface area (Å²) in [6, 6.07) is 20.6. The van der Waals surface area contributed by atoms with E-state index in [0.717, 1.165) is 25.2 Å². The molecule has 2 aromatic carbocycles. The van der Waals surface area contributed by atoms with Crippen LogP contribution in [0.1, 0.15) is 18.9 Å². The normalized spacial score (nSPS) is 13.6. The lowest BCUT2D eigenvalue weighted by atomic mass is 9.86. The lowest BCUT2D eigenvalue weighted by Crippen LogP contribution is -2.21. The molecule has 0 saturated carbocycles. The zero-order valence-electron chi connectivity index (χ0n) is 12.5. The van der Waals surface area contributed by atoms with Crippen molar-refractivity contribution in [3.63, 3.8) is 0 Å². The molecule has 0 aliphatic carbocycles. The van der Waals surface area contributed by atoms with Crippen LogP contribution in [0.5, 0.6) is 5.75 Å². The molecule has 2 unspecified atom stereocenters. The summed E-state index contributed by atoms with van der Waals surface area (Å²) in [6.45, 7) is 2.99. The van der Waals surface area contributed by atoms with Crippen LogP contribution < -0.4 is 4.74 Å². The summed E-state index contributed by atoms with van der Waals surface area (Å²) in [6.07, 6.45) is 2.09. The van der Waals surface area contributed by atoms with Gasteiger partial charge in [-0.05, 0) is 42.4 Å². The summed E-state index contributed by atoms with van der Waals surface area (Å²) in [4.78, 5) is 0. The third kappa shape index (κ3) is 5.43. The van der Waals surface area contributed by atoms with E-state index in [1.165, 1.54) is 5.56 Å². The molecule has 2 aromatic rings. The molecule has 0 heterocycles. The number of rotatable bonds is 8. The summed E-state index contributed by atoms with van der Waals surface area (Å²) in [5.74, 6) is 2.67. The number of benzene rings is 2. The summed E-state index contributed by atoms with van der Waals surface area (Å²) in [5.41, 5.74) is 1.37. The van der Waals surface area contributed by atoms with Crippen molar-refractivity contribution in [2.24, 2.45) is 11.8 Å². The Bertz CT molecular complexity index is 497. The molecule has 0 amide bonds. The van der Waals surface area contributed by atoms with E-state index in [9.17, 15) is 0 Å². The quantitative estimate of drug-likeness (QED) is 0.610. The first-order chi connectivity index (χ1) is 10.3. The standard InChI is InChI=1S/C19H23ClO/c1-16(15-21-19-10-6-3-7-11-19)18(12-13-20)14-17-8-4-2-5-9-17/h2-11,16,18H,12-15H2,1H3. The second-order valence-electron chi connectivity index (χ2n) is 5.53. The fourth-order valence-electron chi connectivity index (χ4n) is 2.53. The zero-order valence-corrected chi connectivity index (χ0v) is 13.3. The van der Waals surface area contributed by atoms with Gasteiger partial charge in [0.15, 0.2) is 0 Å². The first-order valence-electron chi connectivity index (χ1n) is 7.57. The monoisotopic (exact) mass is 302 g/mol. The van der Waals surface area contributed by atoms with E-state index in [4.69, 9.17) is 16.3 Å². The van der Waals surface area contributed by atoms with Crippen molar-refractivity contribution in [1.82, 2.24) is 0 Å². The van der Waals surface area contributed by atoms with E-state index in [0.29, 0.717) is 17.7 Å². The van der Waals surface area contributed by atoms with E-state index in [1.54, 1.807) is 0 Å². The van der Waals surface area contributed by atoms with Gasteiger partial charge in [0.25, 0.3) is 0 Å². The van der Waals surface area contributed by atoms with Crippen molar-refractivity contribution in [3.05, 3.63) is 66.2 Å². The molecule has 0 aliphatic heterocycles. The van der Waals surface area contributed by atoms with E-state index >= 15 is 0 Å². The second-order valence-corrected chi connectivity index (χ2v) is 5.91. The van der Waals surface area contributed by atoms with Gasteiger partial charge in [-0.2, -0.15) is 0 Å². The Morgan fingerprint density at radius 2 is 1.57 bits per heavy atom. The maximum Gasteiger partial charge on any atom is 0.119 e. The lowest BCUT2D eigenvalue weighted by molar-refractivity contribution is 0.203.